The minimum absolute atomic E-state index is 0.0698. The van der Waals surface area contributed by atoms with E-state index in [4.69, 9.17) is 0 Å². The number of aliphatic hydroxyl groups is 1. The Bertz CT molecular complexity index is 890. The number of carboxylic acids is 1. The van der Waals surface area contributed by atoms with Crippen LogP contribution in [0.4, 0.5) is 0 Å². The first kappa shape index (κ1) is 19.8. The number of rotatable bonds is 8. The Kier molecular flexibility index (Phi) is 5.95. The Morgan fingerprint density at radius 2 is 1.68 bits per heavy atom. The molecule has 0 spiro atoms. The Morgan fingerprint density at radius 1 is 1.00 bits per heavy atom. The van der Waals surface area contributed by atoms with E-state index in [0.29, 0.717) is 17.7 Å². The molecule has 2 aromatic carbocycles. The van der Waals surface area contributed by atoms with E-state index in [-0.39, 0.29) is 11.1 Å². The van der Waals surface area contributed by atoms with Crippen molar-refractivity contribution in [2.24, 2.45) is 0 Å². The standard InChI is InChI=1S/C23H25NO4/c1-2-3-4-10-15-24-16-19(17-11-6-5-7-12-17)21(25)23(24,28)20-14-9-8-13-18(20)22(26)27/h5-9,11-14,16,28H,2-4,10,15H2,1H3,(H,26,27). The first-order valence-corrected chi connectivity index (χ1v) is 9.64. The van der Waals surface area contributed by atoms with E-state index in [1.807, 2.05) is 30.3 Å². The summed E-state index contributed by atoms with van der Waals surface area (Å²) in [5.74, 6) is -1.67. The van der Waals surface area contributed by atoms with Crippen LogP contribution in [0.1, 0.15) is 54.1 Å². The molecular weight excluding hydrogens is 354 g/mol. The molecule has 5 heteroatoms. The van der Waals surface area contributed by atoms with Crippen LogP contribution in [0.15, 0.2) is 60.8 Å². The highest BCUT2D eigenvalue weighted by Gasteiger charge is 2.50. The topological polar surface area (TPSA) is 77.8 Å². The van der Waals surface area contributed by atoms with Crippen LogP contribution >= 0.6 is 0 Å². The van der Waals surface area contributed by atoms with Gasteiger partial charge in [0.2, 0.25) is 11.5 Å². The molecular formula is C23H25NO4. The maximum atomic E-state index is 13.3. The molecule has 0 radical (unpaired) electrons. The fraction of sp³-hybridized carbons (Fsp3) is 0.304. The van der Waals surface area contributed by atoms with Gasteiger partial charge in [-0.2, -0.15) is 0 Å². The Balaban J connectivity index is 2.04. The lowest BCUT2D eigenvalue weighted by Crippen LogP contribution is -2.47. The fourth-order valence-corrected chi connectivity index (χ4v) is 3.64. The van der Waals surface area contributed by atoms with Gasteiger partial charge in [-0.05, 0) is 18.1 Å². The van der Waals surface area contributed by atoms with Crippen molar-refractivity contribution in [1.82, 2.24) is 4.90 Å². The highest BCUT2D eigenvalue weighted by Crippen LogP contribution is 2.41. The molecule has 5 nitrogen and oxygen atoms in total. The lowest BCUT2D eigenvalue weighted by atomic mass is 9.89. The molecule has 146 valence electrons. The number of carbonyl (C=O) groups excluding carboxylic acids is 1. The van der Waals surface area contributed by atoms with E-state index in [2.05, 4.69) is 6.92 Å². The molecule has 2 N–H and O–H groups in total. The number of Topliss-reactive ketones (excluding diaryl/α,β-unsaturated/α-hetero) is 1. The number of hydrogen-bond donors (Lipinski definition) is 2. The summed E-state index contributed by atoms with van der Waals surface area (Å²) in [5.41, 5.74) is -0.898. The largest absolute Gasteiger partial charge is 0.478 e. The van der Waals surface area contributed by atoms with Crippen molar-refractivity contribution >= 4 is 17.3 Å². The van der Waals surface area contributed by atoms with E-state index >= 15 is 0 Å². The van der Waals surface area contributed by atoms with Crippen molar-refractivity contribution in [3.05, 3.63) is 77.5 Å². The molecule has 28 heavy (non-hydrogen) atoms. The highest BCUT2D eigenvalue weighted by molar-refractivity contribution is 6.26. The van der Waals surface area contributed by atoms with E-state index in [1.165, 1.54) is 12.1 Å². The van der Waals surface area contributed by atoms with Crippen LogP contribution in [-0.2, 0) is 10.5 Å². The molecule has 0 fully saturated rings. The molecule has 1 aliphatic heterocycles. The van der Waals surface area contributed by atoms with Crippen LogP contribution < -0.4 is 0 Å². The molecule has 1 aliphatic rings. The molecule has 0 saturated carbocycles. The number of hydrogen-bond acceptors (Lipinski definition) is 4. The van der Waals surface area contributed by atoms with Gasteiger partial charge in [0, 0.05) is 23.9 Å². The van der Waals surface area contributed by atoms with Gasteiger partial charge in [-0.1, -0.05) is 74.7 Å². The highest BCUT2D eigenvalue weighted by atomic mass is 16.4. The third-order valence-corrected chi connectivity index (χ3v) is 5.13. The van der Waals surface area contributed by atoms with Gasteiger partial charge in [0.25, 0.3) is 0 Å². The predicted molar refractivity (Wildman–Crippen MR) is 108 cm³/mol. The van der Waals surface area contributed by atoms with Crippen LogP contribution in [0.2, 0.25) is 0 Å². The lowest BCUT2D eigenvalue weighted by Gasteiger charge is -2.34. The average molecular weight is 379 g/mol. The molecule has 0 aromatic heterocycles. The van der Waals surface area contributed by atoms with E-state index < -0.39 is 17.5 Å². The van der Waals surface area contributed by atoms with E-state index in [9.17, 15) is 19.8 Å². The SMILES string of the molecule is CCCCCCN1C=C(c2ccccc2)C(=O)C1(O)c1ccccc1C(=O)O. The molecule has 1 atom stereocenters. The summed E-state index contributed by atoms with van der Waals surface area (Å²) in [6.07, 6.45) is 5.60. The maximum Gasteiger partial charge on any atom is 0.336 e. The zero-order valence-electron chi connectivity index (χ0n) is 16.0. The number of carbonyl (C=O) groups is 2. The van der Waals surface area contributed by atoms with Gasteiger partial charge in [0.05, 0.1) is 5.56 Å². The normalized spacial score (nSPS) is 19.0. The average Bonchev–Trinajstić information content (AvgIpc) is 2.97. The van der Waals surface area contributed by atoms with Crippen LogP contribution in [0.5, 0.6) is 0 Å². The summed E-state index contributed by atoms with van der Waals surface area (Å²) >= 11 is 0. The van der Waals surface area contributed by atoms with E-state index in [1.54, 1.807) is 23.2 Å². The smallest absolute Gasteiger partial charge is 0.336 e. The van der Waals surface area contributed by atoms with Gasteiger partial charge < -0.3 is 15.1 Å². The Hall–Kier alpha value is -2.92. The number of benzene rings is 2. The van der Waals surface area contributed by atoms with Crippen LogP contribution in [-0.4, -0.2) is 33.4 Å². The van der Waals surface area contributed by atoms with Crippen molar-refractivity contribution in [3.8, 4) is 0 Å². The number of aromatic carboxylic acids is 1. The second-order valence-corrected chi connectivity index (χ2v) is 7.01. The van der Waals surface area contributed by atoms with E-state index in [0.717, 1.165) is 25.7 Å². The number of nitrogens with zero attached hydrogens (tertiary/aromatic N) is 1. The van der Waals surface area contributed by atoms with Crippen molar-refractivity contribution in [2.75, 3.05) is 6.54 Å². The fourth-order valence-electron chi connectivity index (χ4n) is 3.64. The quantitative estimate of drug-likeness (QED) is 0.677. The second-order valence-electron chi connectivity index (χ2n) is 7.01. The number of unbranched alkanes of at least 4 members (excludes halogenated alkanes) is 3. The minimum atomic E-state index is -2.02. The summed E-state index contributed by atoms with van der Waals surface area (Å²) in [6.45, 7) is 2.58. The van der Waals surface area contributed by atoms with Gasteiger partial charge in [0.1, 0.15) is 0 Å². The van der Waals surface area contributed by atoms with Crippen LogP contribution in [0.25, 0.3) is 5.57 Å². The molecule has 1 heterocycles. The Labute approximate surface area is 164 Å². The molecule has 0 bridgehead atoms. The molecule has 0 saturated heterocycles. The van der Waals surface area contributed by atoms with Crippen molar-refractivity contribution < 1.29 is 19.8 Å². The molecule has 0 aliphatic carbocycles. The van der Waals surface area contributed by atoms with Gasteiger partial charge in [0.15, 0.2) is 0 Å². The third kappa shape index (κ3) is 3.58. The number of ketones is 1. The van der Waals surface area contributed by atoms with Gasteiger partial charge >= 0.3 is 5.97 Å². The summed E-state index contributed by atoms with van der Waals surface area (Å²) in [4.78, 5) is 26.7. The van der Waals surface area contributed by atoms with Gasteiger partial charge in [-0.25, -0.2) is 4.79 Å². The van der Waals surface area contributed by atoms with Crippen LogP contribution in [0, 0.1) is 0 Å². The summed E-state index contributed by atoms with van der Waals surface area (Å²) in [5, 5.41) is 21.2. The maximum absolute atomic E-state index is 13.3. The zero-order chi connectivity index (χ0) is 20.1. The summed E-state index contributed by atoms with van der Waals surface area (Å²) in [6, 6.07) is 15.3. The molecule has 3 rings (SSSR count). The molecule has 1 unspecified atom stereocenters. The van der Waals surface area contributed by atoms with Crippen molar-refractivity contribution in [2.45, 2.75) is 38.3 Å². The first-order valence-electron chi connectivity index (χ1n) is 9.64. The zero-order valence-corrected chi connectivity index (χ0v) is 16.0. The molecule has 0 amide bonds. The third-order valence-electron chi connectivity index (χ3n) is 5.13. The second kappa shape index (κ2) is 8.40. The molecule has 2 aromatic rings. The Morgan fingerprint density at radius 3 is 2.36 bits per heavy atom. The number of carboxylic acid groups (broad SMARTS) is 1. The lowest BCUT2D eigenvalue weighted by molar-refractivity contribution is -0.147. The minimum Gasteiger partial charge on any atom is -0.478 e. The van der Waals surface area contributed by atoms with Crippen molar-refractivity contribution in [1.29, 1.82) is 0 Å². The summed E-state index contributed by atoms with van der Waals surface area (Å²) in [7, 11) is 0. The predicted octanol–water partition coefficient (Wildman–Crippen LogP) is 4.04. The van der Waals surface area contributed by atoms with Gasteiger partial charge in [-0.15, -0.1) is 0 Å². The van der Waals surface area contributed by atoms with Crippen molar-refractivity contribution in [3.63, 3.8) is 0 Å². The summed E-state index contributed by atoms with van der Waals surface area (Å²) < 4.78 is 0. The van der Waals surface area contributed by atoms with Crippen LogP contribution in [0.3, 0.4) is 0 Å². The monoisotopic (exact) mass is 379 g/mol. The first-order chi connectivity index (χ1) is 13.5. The van der Waals surface area contributed by atoms with Gasteiger partial charge in [-0.3, -0.25) is 4.79 Å².